The summed E-state index contributed by atoms with van der Waals surface area (Å²) in [6, 6.07) is 7.46. The van der Waals surface area contributed by atoms with E-state index in [1.54, 1.807) is 24.4 Å². The fraction of sp³-hybridized carbons (Fsp3) is 0.421. The Bertz CT molecular complexity index is 778. The Labute approximate surface area is 155 Å². The average Bonchev–Trinajstić information content (AvgIpc) is 2.59. The highest BCUT2D eigenvalue weighted by Gasteiger charge is 2.33. The molecule has 3 rings (SSSR count). The Hall–Kier alpha value is -2.64. The van der Waals surface area contributed by atoms with Crippen LogP contribution in [0.2, 0.25) is 0 Å². The number of carbonyl (C=O) groups excluding carboxylic acids is 1. The lowest BCUT2D eigenvalue weighted by atomic mass is 9.86. The van der Waals surface area contributed by atoms with E-state index < -0.39 is 11.9 Å². The van der Waals surface area contributed by atoms with Crippen LogP contribution < -0.4 is 10.1 Å². The van der Waals surface area contributed by atoms with Crippen LogP contribution in [0.5, 0.6) is 5.88 Å². The molecular weight excluding hydrogens is 359 g/mol. The number of alkyl halides is 3. The molecule has 1 aliphatic carbocycles. The fourth-order valence-electron chi connectivity index (χ4n) is 2.67. The molecular formula is C19H20F3N3O2. The number of ether oxygens (including phenoxy) is 1. The van der Waals surface area contributed by atoms with Crippen molar-refractivity contribution in [3.63, 3.8) is 0 Å². The maximum absolute atomic E-state index is 12.9. The van der Waals surface area contributed by atoms with Gasteiger partial charge >= 0.3 is 6.18 Å². The third kappa shape index (κ3) is 5.42. The van der Waals surface area contributed by atoms with Crippen LogP contribution in [0, 0.1) is 5.92 Å². The minimum Gasteiger partial charge on any atom is -0.477 e. The number of hydrogen-bond acceptors (Lipinski definition) is 4. The summed E-state index contributed by atoms with van der Waals surface area (Å²) in [5.41, 5.74) is 0.0216. The number of nitrogens with zero attached hydrogens (tertiary/aromatic N) is 2. The summed E-state index contributed by atoms with van der Waals surface area (Å²) in [4.78, 5) is 19.7. The van der Waals surface area contributed by atoms with Gasteiger partial charge in [-0.3, -0.25) is 9.78 Å². The molecule has 0 aromatic carbocycles. The quantitative estimate of drug-likeness (QED) is 0.799. The van der Waals surface area contributed by atoms with E-state index in [1.807, 2.05) is 0 Å². The molecule has 1 fully saturated rings. The van der Waals surface area contributed by atoms with Crippen molar-refractivity contribution in [3.05, 3.63) is 53.5 Å². The molecule has 144 valence electrons. The zero-order valence-corrected chi connectivity index (χ0v) is 14.6. The molecule has 0 aliphatic heterocycles. The van der Waals surface area contributed by atoms with Crippen molar-refractivity contribution in [1.82, 2.24) is 15.3 Å². The second-order valence-electron chi connectivity index (χ2n) is 6.54. The van der Waals surface area contributed by atoms with Gasteiger partial charge in [-0.2, -0.15) is 13.2 Å². The van der Waals surface area contributed by atoms with E-state index in [0.717, 1.165) is 25.3 Å². The molecule has 1 amide bonds. The van der Waals surface area contributed by atoms with Crippen molar-refractivity contribution < 1.29 is 22.7 Å². The number of rotatable bonds is 7. The van der Waals surface area contributed by atoms with E-state index in [0.29, 0.717) is 23.8 Å². The number of nitrogens with one attached hydrogen (secondary N) is 1. The van der Waals surface area contributed by atoms with Crippen LogP contribution in [-0.2, 0) is 23.9 Å². The predicted octanol–water partition coefficient (Wildman–Crippen LogP) is 3.53. The zero-order valence-electron chi connectivity index (χ0n) is 14.6. The summed E-state index contributed by atoms with van der Waals surface area (Å²) in [5.74, 6) is 0.00124. The first-order chi connectivity index (χ1) is 12.9. The van der Waals surface area contributed by atoms with E-state index in [9.17, 15) is 18.0 Å². The molecule has 0 atom stereocenters. The molecule has 27 heavy (non-hydrogen) atoms. The normalized spacial score (nSPS) is 14.5. The van der Waals surface area contributed by atoms with Gasteiger partial charge < -0.3 is 10.1 Å². The van der Waals surface area contributed by atoms with E-state index in [2.05, 4.69) is 15.3 Å². The maximum Gasteiger partial charge on any atom is 0.433 e. The molecule has 1 N–H and O–H groups in total. The summed E-state index contributed by atoms with van der Waals surface area (Å²) in [5, 5.41) is 2.68. The molecule has 5 nitrogen and oxygen atoms in total. The monoisotopic (exact) mass is 379 g/mol. The summed E-state index contributed by atoms with van der Waals surface area (Å²) in [6.45, 7) is 0.375. The molecule has 1 saturated carbocycles. The Morgan fingerprint density at radius 1 is 1.22 bits per heavy atom. The number of aromatic nitrogens is 2. The van der Waals surface area contributed by atoms with Crippen molar-refractivity contribution in [2.24, 2.45) is 5.92 Å². The first kappa shape index (κ1) is 19.1. The highest BCUT2D eigenvalue weighted by molar-refractivity contribution is 5.78. The van der Waals surface area contributed by atoms with Gasteiger partial charge in [-0.25, -0.2) is 4.98 Å². The molecule has 2 aromatic heterocycles. The largest absolute Gasteiger partial charge is 0.477 e. The Kier molecular flexibility index (Phi) is 5.93. The Morgan fingerprint density at radius 2 is 2.04 bits per heavy atom. The van der Waals surface area contributed by atoms with E-state index in [4.69, 9.17) is 4.74 Å². The third-order valence-corrected chi connectivity index (χ3v) is 4.45. The van der Waals surface area contributed by atoms with Gasteiger partial charge in [0, 0.05) is 24.0 Å². The smallest absolute Gasteiger partial charge is 0.433 e. The second kappa shape index (κ2) is 8.37. The van der Waals surface area contributed by atoms with E-state index >= 15 is 0 Å². The average molecular weight is 379 g/mol. The minimum atomic E-state index is -4.55. The van der Waals surface area contributed by atoms with Crippen LogP contribution in [0.15, 0.2) is 36.5 Å². The van der Waals surface area contributed by atoms with Crippen molar-refractivity contribution in [3.8, 4) is 5.88 Å². The second-order valence-corrected chi connectivity index (χ2v) is 6.54. The minimum absolute atomic E-state index is 0.0385. The summed E-state index contributed by atoms with van der Waals surface area (Å²) < 4.78 is 44.4. The fourth-order valence-corrected chi connectivity index (χ4v) is 2.67. The number of pyridine rings is 2. The summed E-state index contributed by atoms with van der Waals surface area (Å²) in [6.07, 6.45) is 0.266. The Morgan fingerprint density at radius 3 is 2.67 bits per heavy atom. The van der Waals surface area contributed by atoms with Gasteiger partial charge in [0.2, 0.25) is 11.8 Å². The number of halogens is 3. The standard InChI is InChI=1S/C19H20F3N3O2/c20-19(21,22)16-8-7-14(18(25-16)27-12-13-4-3-5-13)11-24-17(26)10-15-6-1-2-9-23-15/h1-2,6-9,13H,3-5,10-12H2,(H,24,26). The highest BCUT2D eigenvalue weighted by Crippen LogP contribution is 2.31. The number of amides is 1. The topological polar surface area (TPSA) is 64.1 Å². The zero-order chi connectivity index (χ0) is 19.3. The molecule has 0 spiro atoms. The van der Waals surface area contributed by atoms with Crippen LogP contribution in [0.1, 0.15) is 36.2 Å². The molecule has 2 aromatic rings. The highest BCUT2D eigenvalue weighted by atomic mass is 19.4. The van der Waals surface area contributed by atoms with Gasteiger partial charge in [-0.1, -0.05) is 12.5 Å². The van der Waals surface area contributed by atoms with Gasteiger partial charge in [0.25, 0.3) is 0 Å². The lowest BCUT2D eigenvalue weighted by Crippen LogP contribution is -2.26. The van der Waals surface area contributed by atoms with Crippen LogP contribution >= 0.6 is 0 Å². The first-order valence-corrected chi connectivity index (χ1v) is 8.78. The van der Waals surface area contributed by atoms with E-state index in [1.165, 1.54) is 6.07 Å². The molecule has 8 heteroatoms. The molecule has 0 radical (unpaired) electrons. The molecule has 0 saturated heterocycles. The van der Waals surface area contributed by atoms with E-state index in [-0.39, 0.29) is 24.8 Å². The van der Waals surface area contributed by atoms with Gasteiger partial charge in [-0.15, -0.1) is 0 Å². The first-order valence-electron chi connectivity index (χ1n) is 8.78. The van der Waals surface area contributed by atoms with Crippen molar-refractivity contribution in [2.75, 3.05) is 6.61 Å². The summed E-state index contributed by atoms with van der Waals surface area (Å²) in [7, 11) is 0. The third-order valence-electron chi connectivity index (χ3n) is 4.45. The lowest BCUT2D eigenvalue weighted by Gasteiger charge is -2.25. The van der Waals surface area contributed by atoms with Gasteiger partial charge in [0.05, 0.1) is 13.0 Å². The van der Waals surface area contributed by atoms with Crippen LogP contribution in [0.25, 0.3) is 0 Å². The number of carbonyl (C=O) groups is 1. The van der Waals surface area contributed by atoms with Crippen molar-refractivity contribution in [1.29, 1.82) is 0 Å². The van der Waals surface area contributed by atoms with Gasteiger partial charge in [0.1, 0.15) is 5.69 Å². The van der Waals surface area contributed by atoms with Crippen LogP contribution in [0.3, 0.4) is 0 Å². The lowest BCUT2D eigenvalue weighted by molar-refractivity contribution is -0.141. The molecule has 2 heterocycles. The van der Waals surface area contributed by atoms with Crippen LogP contribution in [0.4, 0.5) is 13.2 Å². The van der Waals surface area contributed by atoms with Gasteiger partial charge in [-0.05, 0) is 43.0 Å². The van der Waals surface area contributed by atoms with Crippen molar-refractivity contribution in [2.45, 2.75) is 38.4 Å². The molecule has 1 aliphatic rings. The van der Waals surface area contributed by atoms with Gasteiger partial charge in [0.15, 0.2) is 0 Å². The van der Waals surface area contributed by atoms with Crippen LogP contribution in [-0.4, -0.2) is 22.5 Å². The maximum atomic E-state index is 12.9. The van der Waals surface area contributed by atoms with Crippen molar-refractivity contribution >= 4 is 5.91 Å². The summed E-state index contributed by atoms with van der Waals surface area (Å²) >= 11 is 0. The Balaban J connectivity index is 1.65. The molecule has 0 unspecified atom stereocenters. The number of hydrogen-bond donors (Lipinski definition) is 1. The molecule has 0 bridgehead atoms. The SMILES string of the molecule is O=C(Cc1ccccn1)NCc1ccc(C(F)(F)F)nc1OCC1CCC1. The predicted molar refractivity (Wildman–Crippen MR) is 91.9 cm³/mol.